The molecule has 0 saturated heterocycles. The molecule has 1 atom stereocenters. The second-order valence-electron chi connectivity index (χ2n) is 6.06. The molecule has 0 unspecified atom stereocenters. The van der Waals surface area contributed by atoms with Crippen LogP contribution in [0.2, 0.25) is 0 Å². The zero-order valence-electron chi connectivity index (χ0n) is 15.0. The topological polar surface area (TPSA) is 75.6 Å². The van der Waals surface area contributed by atoms with E-state index in [1.54, 1.807) is 24.3 Å². The summed E-state index contributed by atoms with van der Waals surface area (Å²) in [7, 11) is 0. The van der Waals surface area contributed by atoms with Crippen molar-refractivity contribution < 1.29 is 19.4 Å². The first-order chi connectivity index (χ1) is 12.6. The van der Waals surface area contributed by atoms with Gasteiger partial charge in [0.25, 0.3) is 0 Å². The number of aryl methyl sites for hydroxylation is 1. The third-order valence-corrected chi connectivity index (χ3v) is 4.02. The van der Waals surface area contributed by atoms with Gasteiger partial charge < -0.3 is 15.2 Å². The Labute approximate surface area is 154 Å². The van der Waals surface area contributed by atoms with Crippen LogP contribution < -0.4 is 10.1 Å². The molecule has 2 aromatic carbocycles. The maximum Gasteiger partial charge on any atom is 0.305 e. The minimum Gasteiger partial charge on any atom is -0.494 e. The lowest BCUT2D eigenvalue weighted by Gasteiger charge is -2.18. The Kier molecular flexibility index (Phi) is 7.68. The van der Waals surface area contributed by atoms with E-state index in [9.17, 15) is 9.59 Å². The second-order valence-corrected chi connectivity index (χ2v) is 6.06. The van der Waals surface area contributed by atoms with Crippen molar-refractivity contribution in [1.82, 2.24) is 5.32 Å². The molecule has 0 radical (unpaired) electrons. The van der Waals surface area contributed by atoms with Crippen LogP contribution in [0.3, 0.4) is 0 Å². The maximum atomic E-state index is 12.2. The summed E-state index contributed by atoms with van der Waals surface area (Å²) >= 11 is 0. The predicted octanol–water partition coefficient (Wildman–Crippen LogP) is 3.74. The molecule has 0 aliphatic rings. The van der Waals surface area contributed by atoms with Gasteiger partial charge in [0.05, 0.1) is 19.1 Å². The molecule has 2 N–H and O–H groups in total. The van der Waals surface area contributed by atoms with Crippen molar-refractivity contribution in [3.63, 3.8) is 0 Å². The molecule has 5 nitrogen and oxygen atoms in total. The lowest BCUT2D eigenvalue weighted by atomic mass is 10.0. The van der Waals surface area contributed by atoms with E-state index in [1.165, 1.54) is 5.56 Å². The summed E-state index contributed by atoms with van der Waals surface area (Å²) in [6, 6.07) is 16.6. The molecule has 0 aromatic heterocycles. The number of aliphatic carboxylic acids is 1. The number of amides is 1. The molecular weight excluding hydrogens is 330 g/mol. The molecule has 138 valence electrons. The van der Waals surface area contributed by atoms with Crippen molar-refractivity contribution in [3.05, 3.63) is 65.7 Å². The van der Waals surface area contributed by atoms with E-state index in [1.807, 2.05) is 37.3 Å². The number of hydrogen-bond donors (Lipinski definition) is 2. The summed E-state index contributed by atoms with van der Waals surface area (Å²) in [5.74, 6) is -0.367. The van der Waals surface area contributed by atoms with E-state index in [2.05, 4.69) is 5.32 Å². The van der Waals surface area contributed by atoms with Crippen LogP contribution in [0, 0.1) is 0 Å². The lowest BCUT2D eigenvalue weighted by molar-refractivity contribution is -0.137. The van der Waals surface area contributed by atoms with Crippen LogP contribution >= 0.6 is 0 Å². The zero-order valence-corrected chi connectivity index (χ0v) is 15.0. The van der Waals surface area contributed by atoms with Crippen LogP contribution in [0.25, 0.3) is 0 Å². The van der Waals surface area contributed by atoms with Crippen LogP contribution in [-0.2, 0) is 16.0 Å². The number of benzene rings is 2. The van der Waals surface area contributed by atoms with E-state index in [-0.39, 0.29) is 12.3 Å². The molecule has 1 amide bonds. The Morgan fingerprint density at radius 3 is 2.38 bits per heavy atom. The first-order valence-corrected chi connectivity index (χ1v) is 8.86. The smallest absolute Gasteiger partial charge is 0.305 e. The van der Waals surface area contributed by atoms with Gasteiger partial charge >= 0.3 is 5.97 Å². The van der Waals surface area contributed by atoms with Crippen molar-refractivity contribution in [3.8, 4) is 5.75 Å². The summed E-state index contributed by atoms with van der Waals surface area (Å²) in [4.78, 5) is 23.4. The lowest BCUT2D eigenvalue weighted by Crippen LogP contribution is -2.30. The van der Waals surface area contributed by atoms with Crippen molar-refractivity contribution in [1.29, 1.82) is 0 Å². The highest BCUT2D eigenvalue weighted by atomic mass is 16.5. The van der Waals surface area contributed by atoms with Gasteiger partial charge in [0.1, 0.15) is 5.75 Å². The minimum atomic E-state index is -0.950. The molecule has 0 saturated carbocycles. The molecule has 0 bridgehead atoms. The van der Waals surface area contributed by atoms with Gasteiger partial charge in [-0.2, -0.15) is 0 Å². The fourth-order valence-electron chi connectivity index (χ4n) is 2.75. The van der Waals surface area contributed by atoms with Gasteiger partial charge in [-0.25, -0.2) is 0 Å². The molecule has 26 heavy (non-hydrogen) atoms. The van der Waals surface area contributed by atoms with Gasteiger partial charge in [0.15, 0.2) is 0 Å². The van der Waals surface area contributed by atoms with Gasteiger partial charge in [-0.3, -0.25) is 9.59 Å². The molecule has 0 aliphatic heterocycles. The van der Waals surface area contributed by atoms with Crippen LogP contribution in [0.15, 0.2) is 54.6 Å². The number of rotatable bonds is 10. The van der Waals surface area contributed by atoms with Gasteiger partial charge in [0.2, 0.25) is 5.91 Å². The highest BCUT2D eigenvalue weighted by molar-refractivity contribution is 5.77. The fourth-order valence-corrected chi connectivity index (χ4v) is 2.75. The normalized spacial score (nSPS) is 11.6. The number of carbonyl (C=O) groups is 2. The molecule has 2 rings (SSSR count). The van der Waals surface area contributed by atoms with Crippen LogP contribution in [-0.4, -0.2) is 23.6 Å². The Bertz CT molecular complexity index is 698. The summed E-state index contributed by atoms with van der Waals surface area (Å²) in [5.41, 5.74) is 1.95. The number of nitrogens with one attached hydrogen (secondary N) is 1. The zero-order chi connectivity index (χ0) is 18.8. The Hall–Kier alpha value is -2.82. The predicted molar refractivity (Wildman–Crippen MR) is 100 cm³/mol. The van der Waals surface area contributed by atoms with Crippen LogP contribution in [0.1, 0.15) is 43.4 Å². The molecule has 0 heterocycles. The van der Waals surface area contributed by atoms with Gasteiger partial charge in [0, 0.05) is 6.42 Å². The highest BCUT2D eigenvalue weighted by Gasteiger charge is 2.18. The standard InChI is InChI=1S/C21H25NO4/c1-2-26-18-13-11-17(12-14-18)19(15-21(24)25)22-20(23)10-6-9-16-7-4-3-5-8-16/h3-5,7-8,11-14,19H,2,6,9-10,15H2,1H3,(H,22,23)(H,24,25)/t19-/m0/s1. The second kappa shape index (κ2) is 10.2. The average Bonchev–Trinajstić information content (AvgIpc) is 2.63. The van der Waals surface area contributed by atoms with Crippen LogP contribution in [0.4, 0.5) is 0 Å². The number of hydrogen-bond acceptors (Lipinski definition) is 3. The van der Waals surface area contributed by atoms with Crippen molar-refractivity contribution in [2.75, 3.05) is 6.61 Å². The molecule has 0 fully saturated rings. The van der Waals surface area contributed by atoms with E-state index in [0.717, 1.165) is 24.2 Å². The van der Waals surface area contributed by atoms with Gasteiger partial charge in [-0.05, 0) is 43.0 Å². The summed E-state index contributed by atoms with van der Waals surface area (Å²) in [6.45, 7) is 2.47. The molecule has 0 aliphatic carbocycles. The van der Waals surface area contributed by atoms with Gasteiger partial charge in [-0.1, -0.05) is 42.5 Å². The van der Waals surface area contributed by atoms with E-state index in [0.29, 0.717) is 13.0 Å². The third-order valence-electron chi connectivity index (χ3n) is 4.02. The number of carbonyl (C=O) groups excluding carboxylic acids is 1. The quantitative estimate of drug-likeness (QED) is 0.681. The molecule has 0 spiro atoms. The van der Waals surface area contributed by atoms with E-state index in [4.69, 9.17) is 9.84 Å². The molecular formula is C21H25NO4. The summed E-state index contributed by atoms with van der Waals surface area (Å²) in [6.07, 6.45) is 1.75. The highest BCUT2D eigenvalue weighted by Crippen LogP contribution is 2.21. The van der Waals surface area contributed by atoms with Gasteiger partial charge in [-0.15, -0.1) is 0 Å². The fraction of sp³-hybridized carbons (Fsp3) is 0.333. The van der Waals surface area contributed by atoms with E-state index >= 15 is 0 Å². The largest absolute Gasteiger partial charge is 0.494 e. The number of ether oxygens (including phenoxy) is 1. The first-order valence-electron chi connectivity index (χ1n) is 8.86. The SMILES string of the molecule is CCOc1ccc([C@H](CC(=O)O)NC(=O)CCCc2ccccc2)cc1. The summed E-state index contributed by atoms with van der Waals surface area (Å²) < 4.78 is 5.39. The summed E-state index contributed by atoms with van der Waals surface area (Å²) in [5, 5.41) is 12.0. The van der Waals surface area contributed by atoms with E-state index < -0.39 is 12.0 Å². The first kappa shape index (κ1) is 19.5. The Morgan fingerprint density at radius 1 is 1.08 bits per heavy atom. The van der Waals surface area contributed by atoms with Crippen molar-refractivity contribution in [2.45, 2.75) is 38.6 Å². The third kappa shape index (κ3) is 6.59. The molecule has 2 aromatic rings. The molecule has 5 heteroatoms. The minimum absolute atomic E-state index is 0.138. The van der Waals surface area contributed by atoms with Crippen molar-refractivity contribution in [2.24, 2.45) is 0 Å². The van der Waals surface area contributed by atoms with Crippen LogP contribution in [0.5, 0.6) is 5.75 Å². The Morgan fingerprint density at radius 2 is 1.77 bits per heavy atom. The Balaban J connectivity index is 1.91. The number of carboxylic acids is 1. The average molecular weight is 355 g/mol. The monoisotopic (exact) mass is 355 g/mol. The number of carboxylic acid groups (broad SMARTS) is 1. The van der Waals surface area contributed by atoms with Crippen molar-refractivity contribution >= 4 is 11.9 Å². The maximum absolute atomic E-state index is 12.2.